The molecule has 0 atom stereocenters. The van der Waals surface area contributed by atoms with Crippen LogP contribution in [-0.4, -0.2) is 22.4 Å². The van der Waals surface area contributed by atoms with E-state index in [4.69, 9.17) is 9.15 Å². The zero-order chi connectivity index (χ0) is 16.6. The highest BCUT2D eigenvalue weighted by Gasteiger charge is 2.15. The van der Waals surface area contributed by atoms with Crippen molar-refractivity contribution in [3.63, 3.8) is 0 Å². The van der Waals surface area contributed by atoms with Crippen LogP contribution in [0.4, 0.5) is 0 Å². The summed E-state index contributed by atoms with van der Waals surface area (Å²) in [5.74, 6) is -0.307. The summed E-state index contributed by atoms with van der Waals surface area (Å²) < 4.78 is 10.7. The van der Waals surface area contributed by atoms with E-state index in [1.165, 1.54) is 31.6 Å². The van der Waals surface area contributed by atoms with Gasteiger partial charge in [0.15, 0.2) is 11.5 Å². The molecule has 6 nitrogen and oxygen atoms in total. The molecule has 3 N–H and O–H groups in total. The molecule has 23 heavy (non-hydrogen) atoms. The smallest absolute Gasteiger partial charge is 0.204 e. The van der Waals surface area contributed by atoms with Gasteiger partial charge in [-0.15, -0.1) is 0 Å². The van der Waals surface area contributed by atoms with Gasteiger partial charge in [0.1, 0.15) is 23.0 Å². The molecule has 118 valence electrons. The fourth-order valence-electron chi connectivity index (χ4n) is 2.41. The summed E-state index contributed by atoms with van der Waals surface area (Å²) in [5.41, 5.74) is 1.16. The second kappa shape index (κ2) is 5.66. The molecule has 0 aliphatic carbocycles. The Bertz CT molecular complexity index is 942. The first-order valence-electron chi connectivity index (χ1n) is 6.80. The number of aliphatic hydroxyl groups excluding tert-OH is 1. The Hall–Kier alpha value is -2.99. The number of aliphatic hydroxyl groups is 1. The zero-order valence-corrected chi connectivity index (χ0v) is 12.2. The molecular weight excluding hydrogens is 300 g/mol. The molecule has 2 aromatic carbocycles. The van der Waals surface area contributed by atoms with Gasteiger partial charge >= 0.3 is 0 Å². The number of phenols is 2. The summed E-state index contributed by atoms with van der Waals surface area (Å²) in [6.45, 7) is -0.205. The second-order valence-electron chi connectivity index (χ2n) is 5.01. The lowest BCUT2D eigenvalue weighted by Gasteiger charge is -2.09. The monoisotopic (exact) mass is 314 g/mol. The summed E-state index contributed by atoms with van der Waals surface area (Å²) in [6, 6.07) is 7.21. The minimum atomic E-state index is -0.335. The molecular formula is C17H14O6. The first-order valence-corrected chi connectivity index (χ1v) is 6.80. The molecule has 0 spiro atoms. The standard InChI is InChI=1S/C17H14O6/c1-22-14-4-9(7-18)5-15-16(14)17(21)11(8-23-15)10-2-3-12(19)13(20)6-10/h2-6,8,18-20H,7H2,1H3. The average Bonchev–Trinajstić information content (AvgIpc) is 2.56. The molecule has 0 fully saturated rings. The van der Waals surface area contributed by atoms with Gasteiger partial charge in [-0.05, 0) is 35.4 Å². The van der Waals surface area contributed by atoms with Crippen LogP contribution in [0.2, 0.25) is 0 Å². The molecule has 0 aliphatic rings. The number of methoxy groups -OCH3 is 1. The third-order valence-electron chi connectivity index (χ3n) is 3.59. The Morgan fingerprint density at radius 1 is 1.13 bits per heavy atom. The number of ether oxygens (including phenoxy) is 1. The molecule has 1 heterocycles. The predicted octanol–water partition coefficient (Wildman–Crippen LogP) is 2.37. The van der Waals surface area contributed by atoms with Crippen LogP contribution in [0.15, 0.2) is 45.8 Å². The Morgan fingerprint density at radius 2 is 1.91 bits per heavy atom. The molecule has 0 bridgehead atoms. The van der Waals surface area contributed by atoms with Crippen molar-refractivity contribution in [2.24, 2.45) is 0 Å². The number of rotatable bonds is 3. The topological polar surface area (TPSA) is 100 Å². The Balaban J connectivity index is 2.30. The second-order valence-corrected chi connectivity index (χ2v) is 5.01. The molecule has 0 radical (unpaired) electrons. The SMILES string of the molecule is COc1cc(CO)cc2occ(-c3ccc(O)c(O)c3)c(=O)c12. The molecule has 3 aromatic rings. The Kier molecular flexibility index (Phi) is 3.67. The highest BCUT2D eigenvalue weighted by molar-refractivity contribution is 5.88. The van der Waals surface area contributed by atoms with Gasteiger partial charge in [-0.1, -0.05) is 6.07 Å². The van der Waals surface area contributed by atoms with Gasteiger partial charge in [0.05, 0.1) is 19.3 Å². The fourth-order valence-corrected chi connectivity index (χ4v) is 2.41. The van der Waals surface area contributed by atoms with E-state index in [0.29, 0.717) is 22.5 Å². The van der Waals surface area contributed by atoms with Crippen LogP contribution in [0.25, 0.3) is 22.1 Å². The molecule has 0 saturated heterocycles. The quantitative estimate of drug-likeness (QED) is 0.642. The molecule has 6 heteroatoms. The van der Waals surface area contributed by atoms with E-state index in [1.54, 1.807) is 12.1 Å². The molecule has 0 unspecified atom stereocenters. The van der Waals surface area contributed by atoms with Crippen LogP contribution in [0, 0.1) is 0 Å². The summed E-state index contributed by atoms with van der Waals surface area (Å²) in [7, 11) is 1.43. The minimum absolute atomic E-state index is 0.205. The van der Waals surface area contributed by atoms with Crippen LogP contribution >= 0.6 is 0 Å². The summed E-state index contributed by atoms with van der Waals surface area (Å²) in [5, 5.41) is 28.5. The molecule has 3 rings (SSSR count). The van der Waals surface area contributed by atoms with E-state index in [0.717, 1.165) is 0 Å². The van der Waals surface area contributed by atoms with E-state index < -0.39 is 0 Å². The number of fused-ring (bicyclic) bond motifs is 1. The summed E-state index contributed by atoms with van der Waals surface area (Å²) >= 11 is 0. The molecule has 0 amide bonds. The van der Waals surface area contributed by atoms with Crippen molar-refractivity contribution in [1.82, 2.24) is 0 Å². The maximum Gasteiger partial charge on any atom is 0.204 e. The molecule has 0 saturated carbocycles. The third-order valence-corrected chi connectivity index (χ3v) is 3.59. The van der Waals surface area contributed by atoms with Gasteiger partial charge in [-0.2, -0.15) is 0 Å². The molecule has 0 aliphatic heterocycles. The predicted molar refractivity (Wildman–Crippen MR) is 83.7 cm³/mol. The van der Waals surface area contributed by atoms with Crippen molar-refractivity contribution in [3.8, 4) is 28.4 Å². The number of aromatic hydroxyl groups is 2. The highest BCUT2D eigenvalue weighted by Crippen LogP contribution is 2.32. The lowest BCUT2D eigenvalue weighted by molar-refractivity contribution is 0.281. The van der Waals surface area contributed by atoms with Crippen LogP contribution in [0.5, 0.6) is 17.2 Å². The normalized spacial score (nSPS) is 10.9. The van der Waals surface area contributed by atoms with Gasteiger partial charge in [0.2, 0.25) is 5.43 Å². The van der Waals surface area contributed by atoms with Crippen molar-refractivity contribution < 1.29 is 24.5 Å². The van der Waals surface area contributed by atoms with E-state index in [-0.39, 0.29) is 34.5 Å². The van der Waals surface area contributed by atoms with Crippen molar-refractivity contribution >= 4 is 11.0 Å². The van der Waals surface area contributed by atoms with Gasteiger partial charge in [-0.3, -0.25) is 4.79 Å². The van der Waals surface area contributed by atoms with E-state index in [1.807, 2.05) is 0 Å². The van der Waals surface area contributed by atoms with E-state index >= 15 is 0 Å². The van der Waals surface area contributed by atoms with E-state index in [9.17, 15) is 20.1 Å². The minimum Gasteiger partial charge on any atom is -0.504 e. The number of phenolic OH excluding ortho intramolecular Hbond substituents is 2. The Morgan fingerprint density at radius 3 is 2.57 bits per heavy atom. The van der Waals surface area contributed by atoms with Crippen LogP contribution < -0.4 is 10.2 Å². The van der Waals surface area contributed by atoms with E-state index in [2.05, 4.69) is 0 Å². The lowest BCUT2D eigenvalue weighted by Crippen LogP contribution is -2.07. The number of benzene rings is 2. The number of hydrogen-bond acceptors (Lipinski definition) is 6. The first-order chi connectivity index (χ1) is 11.0. The van der Waals surface area contributed by atoms with Crippen molar-refractivity contribution in [1.29, 1.82) is 0 Å². The van der Waals surface area contributed by atoms with Crippen molar-refractivity contribution in [2.45, 2.75) is 6.61 Å². The van der Waals surface area contributed by atoms with Crippen molar-refractivity contribution in [2.75, 3.05) is 7.11 Å². The van der Waals surface area contributed by atoms with Crippen LogP contribution in [-0.2, 0) is 6.61 Å². The number of hydrogen-bond donors (Lipinski definition) is 3. The molecule has 1 aromatic heterocycles. The van der Waals surface area contributed by atoms with Crippen LogP contribution in [0.1, 0.15) is 5.56 Å². The Labute approximate surface area is 130 Å². The first kappa shape index (κ1) is 14.9. The van der Waals surface area contributed by atoms with Gasteiger partial charge < -0.3 is 24.5 Å². The largest absolute Gasteiger partial charge is 0.504 e. The van der Waals surface area contributed by atoms with Crippen molar-refractivity contribution in [3.05, 3.63) is 52.4 Å². The van der Waals surface area contributed by atoms with Gasteiger partial charge in [0, 0.05) is 0 Å². The highest BCUT2D eigenvalue weighted by atomic mass is 16.5. The third kappa shape index (κ3) is 2.49. The van der Waals surface area contributed by atoms with Gasteiger partial charge in [0.25, 0.3) is 0 Å². The lowest BCUT2D eigenvalue weighted by atomic mass is 10.0. The maximum atomic E-state index is 12.8. The van der Waals surface area contributed by atoms with Gasteiger partial charge in [-0.25, -0.2) is 0 Å². The van der Waals surface area contributed by atoms with Crippen LogP contribution in [0.3, 0.4) is 0 Å². The summed E-state index contributed by atoms with van der Waals surface area (Å²) in [4.78, 5) is 12.8. The summed E-state index contributed by atoms with van der Waals surface area (Å²) in [6.07, 6.45) is 1.27. The fraction of sp³-hybridized carbons (Fsp3) is 0.118. The maximum absolute atomic E-state index is 12.8. The zero-order valence-electron chi connectivity index (χ0n) is 12.2. The average molecular weight is 314 g/mol.